The van der Waals surface area contributed by atoms with E-state index < -0.39 is 15.6 Å². The molecule has 0 radical (unpaired) electrons. The van der Waals surface area contributed by atoms with Crippen LogP contribution in [0.25, 0.3) is 0 Å². The Bertz CT molecular complexity index is 315. The number of nitrogens with zero attached hydrogens (tertiary/aromatic N) is 1. The van der Waals surface area contributed by atoms with Crippen molar-refractivity contribution < 1.29 is 30.6 Å². The second-order valence-electron chi connectivity index (χ2n) is 4.03. The number of quaternary nitrogens is 1. The van der Waals surface area contributed by atoms with Crippen LogP contribution in [0, 0.1) is 0 Å². The molecule has 0 N–H and O–H groups in total. The predicted octanol–water partition coefficient (Wildman–Crippen LogP) is 1.69. The van der Waals surface area contributed by atoms with Gasteiger partial charge in [-0.1, -0.05) is 0 Å². The number of likely N-dealkylation sites (tertiary alicyclic amines) is 1. The summed E-state index contributed by atoms with van der Waals surface area (Å²) in [6.45, 7) is 10.2. The van der Waals surface area contributed by atoms with Crippen molar-refractivity contribution in [3.8, 4) is 0 Å². The summed E-state index contributed by atoms with van der Waals surface area (Å²) in [7, 11) is -6.09. The van der Waals surface area contributed by atoms with E-state index in [9.17, 15) is 13.2 Å². The lowest BCUT2D eigenvalue weighted by atomic mass is 10.4. The molecule has 0 aromatic heterocycles. The summed E-state index contributed by atoms with van der Waals surface area (Å²) >= 11 is 0. The summed E-state index contributed by atoms with van der Waals surface area (Å²) in [6.07, 6.45) is 2.92. The molecule has 4 nitrogen and oxygen atoms in total. The Morgan fingerprint density at radius 3 is 1.53 bits per heavy atom. The van der Waals surface area contributed by atoms with Gasteiger partial charge < -0.3 is 9.04 Å². The van der Waals surface area contributed by atoms with E-state index >= 15 is 0 Å². The molecular weight excluding hydrogens is 259 g/mol. The third kappa shape index (κ3) is 5.22. The van der Waals surface area contributed by atoms with Crippen molar-refractivity contribution in [3.63, 3.8) is 0 Å². The second-order valence-corrected chi connectivity index (χ2v) is 5.40. The van der Waals surface area contributed by atoms with Crippen molar-refractivity contribution in [3.05, 3.63) is 0 Å². The van der Waals surface area contributed by atoms with Gasteiger partial charge in [-0.3, -0.25) is 0 Å². The number of hydrogen-bond donors (Lipinski definition) is 0. The molecule has 1 fully saturated rings. The topological polar surface area (TPSA) is 57.2 Å². The quantitative estimate of drug-likeness (QED) is 0.438. The van der Waals surface area contributed by atoms with Gasteiger partial charge in [0.25, 0.3) is 0 Å². The highest BCUT2D eigenvalue weighted by Crippen LogP contribution is 2.20. The van der Waals surface area contributed by atoms with Crippen LogP contribution in [-0.4, -0.2) is 49.1 Å². The van der Waals surface area contributed by atoms with Crippen molar-refractivity contribution in [1.82, 2.24) is 0 Å². The molecule has 8 heteroatoms. The predicted molar refractivity (Wildman–Crippen MR) is 56.1 cm³/mol. The number of rotatable bonds is 2. The maximum absolute atomic E-state index is 10.7. The van der Waals surface area contributed by atoms with Crippen LogP contribution >= 0.6 is 0 Å². The molecule has 0 spiro atoms. The molecule has 0 aromatic rings. The molecule has 104 valence electrons. The summed E-state index contributed by atoms with van der Waals surface area (Å²) in [5, 5.41) is 0. The van der Waals surface area contributed by atoms with Crippen molar-refractivity contribution in [1.29, 1.82) is 0 Å². The molecule has 0 aliphatic carbocycles. The van der Waals surface area contributed by atoms with Gasteiger partial charge in [0.1, 0.15) is 0 Å². The SMILES string of the molecule is CC[N+]1(CC)CCCC1.O=S(=O)([O-])C(F)(F)F. The average molecular weight is 277 g/mol. The fourth-order valence-corrected chi connectivity index (χ4v) is 1.86. The monoisotopic (exact) mass is 277 g/mol. The van der Waals surface area contributed by atoms with Gasteiger partial charge in [0.15, 0.2) is 10.1 Å². The normalized spacial score (nSPS) is 19.6. The Morgan fingerprint density at radius 1 is 1.12 bits per heavy atom. The Hall–Kier alpha value is -0.340. The first kappa shape index (κ1) is 16.7. The number of hydrogen-bond acceptors (Lipinski definition) is 3. The minimum Gasteiger partial charge on any atom is -0.741 e. The van der Waals surface area contributed by atoms with Crippen LogP contribution in [0.3, 0.4) is 0 Å². The van der Waals surface area contributed by atoms with E-state index in [-0.39, 0.29) is 0 Å². The lowest BCUT2D eigenvalue weighted by molar-refractivity contribution is -0.913. The average Bonchev–Trinajstić information content (AvgIpc) is 2.64. The molecule has 1 aliphatic rings. The first-order valence-electron chi connectivity index (χ1n) is 5.45. The summed E-state index contributed by atoms with van der Waals surface area (Å²) in [5.41, 5.74) is -5.65. The van der Waals surface area contributed by atoms with E-state index in [1.165, 1.54) is 43.5 Å². The van der Waals surface area contributed by atoms with E-state index in [2.05, 4.69) is 13.8 Å². The Labute approximate surface area is 99.8 Å². The fourth-order valence-electron chi connectivity index (χ4n) is 1.86. The highest BCUT2D eigenvalue weighted by molar-refractivity contribution is 7.86. The highest BCUT2D eigenvalue weighted by Gasteiger charge is 2.36. The van der Waals surface area contributed by atoms with Gasteiger partial charge in [0, 0.05) is 12.8 Å². The van der Waals surface area contributed by atoms with E-state index in [1.807, 2.05) is 0 Å². The molecule has 0 aromatic carbocycles. The zero-order valence-corrected chi connectivity index (χ0v) is 10.8. The molecule has 0 amide bonds. The summed E-state index contributed by atoms with van der Waals surface area (Å²) < 4.78 is 60.3. The number of alkyl halides is 3. The molecule has 1 heterocycles. The Morgan fingerprint density at radius 2 is 1.41 bits per heavy atom. The third-order valence-corrected chi connectivity index (χ3v) is 3.71. The molecular formula is C9H18F3NO3S. The number of halogens is 3. The largest absolute Gasteiger partial charge is 0.741 e. The lowest BCUT2D eigenvalue weighted by Gasteiger charge is -2.31. The van der Waals surface area contributed by atoms with Gasteiger partial charge in [0.05, 0.1) is 26.2 Å². The van der Waals surface area contributed by atoms with Crippen molar-refractivity contribution in [2.45, 2.75) is 32.2 Å². The maximum Gasteiger partial charge on any atom is 0.485 e. The molecule has 1 rings (SSSR count). The van der Waals surface area contributed by atoms with E-state index in [1.54, 1.807) is 0 Å². The fraction of sp³-hybridized carbons (Fsp3) is 1.00. The van der Waals surface area contributed by atoms with Crippen LogP contribution < -0.4 is 0 Å². The first-order chi connectivity index (χ1) is 7.58. The van der Waals surface area contributed by atoms with Crippen LogP contribution in [0.5, 0.6) is 0 Å². The standard InChI is InChI=1S/C8H18N.CHF3O3S/c1-3-9(4-2)7-5-6-8-9;2-1(3,4)8(5,6)7/h3-8H2,1-2H3;(H,5,6,7)/q+1;/p-1. The Balaban J connectivity index is 0.000000304. The van der Waals surface area contributed by atoms with E-state index in [0.29, 0.717) is 0 Å². The zero-order chi connectivity index (χ0) is 13.7. The van der Waals surface area contributed by atoms with Crippen LogP contribution in [0.4, 0.5) is 13.2 Å². The van der Waals surface area contributed by atoms with E-state index in [0.717, 1.165) is 0 Å². The smallest absolute Gasteiger partial charge is 0.485 e. The molecule has 0 bridgehead atoms. The summed E-state index contributed by atoms with van der Waals surface area (Å²) in [5.74, 6) is 0. The molecule has 0 saturated carbocycles. The van der Waals surface area contributed by atoms with Gasteiger partial charge in [-0.2, -0.15) is 13.2 Å². The molecule has 1 aliphatic heterocycles. The summed E-state index contributed by atoms with van der Waals surface area (Å²) in [6, 6.07) is 0. The highest BCUT2D eigenvalue weighted by atomic mass is 32.2. The molecule has 1 saturated heterocycles. The molecule has 0 atom stereocenters. The van der Waals surface area contributed by atoms with Crippen LogP contribution in [0.1, 0.15) is 26.7 Å². The lowest BCUT2D eigenvalue weighted by Crippen LogP contribution is -2.44. The minimum absolute atomic E-state index is 1.34. The van der Waals surface area contributed by atoms with Crippen LogP contribution in [0.15, 0.2) is 0 Å². The summed E-state index contributed by atoms with van der Waals surface area (Å²) in [4.78, 5) is 0. The van der Waals surface area contributed by atoms with Crippen molar-refractivity contribution in [2.75, 3.05) is 26.2 Å². The maximum atomic E-state index is 10.7. The third-order valence-electron chi connectivity index (χ3n) is 3.14. The van der Waals surface area contributed by atoms with Crippen LogP contribution in [0.2, 0.25) is 0 Å². The molecule has 0 unspecified atom stereocenters. The van der Waals surface area contributed by atoms with Gasteiger partial charge >= 0.3 is 5.51 Å². The van der Waals surface area contributed by atoms with Gasteiger partial charge in [0.2, 0.25) is 0 Å². The minimum atomic E-state index is -6.09. The first-order valence-corrected chi connectivity index (χ1v) is 6.86. The van der Waals surface area contributed by atoms with Crippen LogP contribution in [-0.2, 0) is 10.1 Å². The second kappa shape index (κ2) is 6.01. The Kier molecular flexibility index (Phi) is 5.89. The molecule has 17 heavy (non-hydrogen) atoms. The van der Waals surface area contributed by atoms with E-state index in [4.69, 9.17) is 13.0 Å². The van der Waals surface area contributed by atoms with Gasteiger partial charge in [-0.05, 0) is 13.8 Å². The van der Waals surface area contributed by atoms with Gasteiger partial charge in [-0.15, -0.1) is 0 Å². The zero-order valence-electron chi connectivity index (χ0n) is 9.96. The van der Waals surface area contributed by atoms with Crippen molar-refractivity contribution >= 4 is 10.1 Å². The van der Waals surface area contributed by atoms with Gasteiger partial charge in [-0.25, -0.2) is 8.42 Å². The van der Waals surface area contributed by atoms with Crippen molar-refractivity contribution in [2.24, 2.45) is 0 Å².